The van der Waals surface area contributed by atoms with Crippen molar-refractivity contribution >= 4 is 0 Å². The molecule has 0 aromatic carbocycles. The molecule has 3 atom stereocenters. The summed E-state index contributed by atoms with van der Waals surface area (Å²) in [7, 11) is 0. The zero-order chi connectivity index (χ0) is 10.8. The lowest BCUT2D eigenvalue weighted by atomic mass is 9.77. The minimum atomic E-state index is 0.417. The molecule has 1 fully saturated rings. The third kappa shape index (κ3) is 3.61. The first-order valence-electron chi connectivity index (χ1n) is 6.13. The lowest BCUT2D eigenvalue weighted by Crippen LogP contribution is -2.43. The molecule has 0 aromatic rings. The minimum absolute atomic E-state index is 0.417. The molecule has 1 aliphatic rings. The fourth-order valence-electron chi connectivity index (χ4n) is 2.31. The van der Waals surface area contributed by atoms with E-state index in [1.54, 1.807) is 0 Å². The van der Waals surface area contributed by atoms with E-state index in [4.69, 9.17) is 0 Å². The predicted molar refractivity (Wildman–Crippen MR) is 63.4 cm³/mol. The Bertz CT molecular complexity index is 169. The Morgan fingerprint density at radius 3 is 2.36 bits per heavy atom. The quantitative estimate of drug-likeness (QED) is 0.715. The number of hydrogen-bond donors (Lipinski definition) is 1. The van der Waals surface area contributed by atoms with Gasteiger partial charge < -0.3 is 5.32 Å². The summed E-state index contributed by atoms with van der Waals surface area (Å²) in [6.07, 6.45) is 4.21. The molecule has 1 saturated carbocycles. The van der Waals surface area contributed by atoms with Crippen molar-refractivity contribution in [2.45, 2.75) is 59.9 Å². The van der Waals surface area contributed by atoms with Crippen LogP contribution in [-0.4, -0.2) is 12.6 Å². The van der Waals surface area contributed by atoms with Crippen molar-refractivity contribution in [2.24, 2.45) is 17.3 Å². The molecule has 0 saturated heterocycles. The van der Waals surface area contributed by atoms with E-state index in [-0.39, 0.29) is 0 Å². The summed E-state index contributed by atoms with van der Waals surface area (Å²) in [5, 5.41) is 3.74. The van der Waals surface area contributed by atoms with Crippen molar-refractivity contribution in [2.75, 3.05) is 6.54 Å². The summed E-state index contributed by atoms with van der Waals surface area (Å²) in [4.78, 5) is 0. The van der Waals surface area contributed by atoms with Crippen LogP contribution in [0.4, 0.5) is 0 Å². The summed E-state index contributed by atoms with van der Waals surface area (Å²) in [6.45, 7) is 12.9. The van der Waals surface area contributed by atoms with E-state index in [9.17, 15) is 0 Å². The van der Waals surface area contributed by atoms with E-state index in [0.717, 1.165) is 24.4 Å². The van der Waals surface area contributed by atoms with E-state index in [1.165, 1.54) is 19.3 Å². The van der Waals surface area contributed by atoms with Crippen molar-refractivity contribution in [3.8, 4) is 0 Å². The Balaban J connectivity index is 2.36. The SMILES string of the molecule is C[C@H]1[C@@H](NCC(C)(C)C)CCC[C@@H]1C. The Morgan fingerprint density at radius 2 is 1.79 bits per heavy atom. The lowest BCUT2D eigenvalue weighted by molar-refractivity contribution is 0.192. The molecular weight excluding hydrogens is 170 g/mol. The summed E-state index contributed by atoms with van der Waals surface area (Å²) < 4.78 is 0. The van der Waals surface area contributed by atoms with Gasteiger partial charge in [0.15, 0.2) is 0 Å². The highest BCUT2D eigenvalue weighted by Gasteiger charge is 2.27. The molecule has 14 heavy (non-hydrogen) atoms. The van der Waals surface area contributed by atoms with Crippen LogP contribution in [0, 0.1) is 17.3 Å². The van der Waals surface area contributed by atoms with Crippen molar-refractivity contribution in [3.63, 3.8) is 0 Å². The third-order valence-electron chi connectivity index (χ3n) is 3.60. The summed E-state index contributed by atoms with van der Waals surface area (Å²) in [5.41, 5.74) is 0.417. The average molecular weight is 197 g/mol. The molecule has 0 unspecified atom stereocenters. The molecule has 1 aliphatic carbocycles. The van der Waals surface area contributed by atoms with Crippen LogP contribution in [0.3, 0.4) is 0 Å². The van der Waals surface area contributed by atoms with Gasteiger partial charge in [0.1, 0.15) is 0 Å². The predicted octanol–water partition coefficient (Wildman–Crippen LogP) is 3.45. The molecule has 0 aliphatic heterocycles. The van der Waals surface area contributed by atoms with Crippen LogP contribution >= 0.6 is 0 Å². The molecular formula is C13H27N. The van der Waals surface area contributed by atoms with Gasteiger partial charge in [-0.2, -0.15) is 0 Å². The Kier molecular flexibility index (Phi) is 4.00. The number of hydrogen-bond acceptors (Lipinski definition) is 1. The van der Waals surface area contributed by atoms with Crippen LogP contribution < -0.4 is 5.32 Å². The zero-order valence-electron chi connectivity index (χ0n) is 10.6. The first-order valence-corrected chi connectivity index (χ1v) is 6.13. The Hall–Kier alpha value is -0.0400. The second kappa shape index (κ2) is 4.65. The highest BCUT2D eigenvalue weighted by molar-refractivity contribution is 4.83. The summed E-state index contributed by atoms with van der Waals surface area (Å²) in [5.74, 6) is 1.76. The Morgan fingerprint density at radius 1 is 1.14 bits per heavy atom. The first kappa shape index (κ1) is 12.0. The van der Waals surface area contributed by atoms with Gasteiger partial charge in [-0.15, -0.1) is 0 Å². The normalized spacial score (nSPS) is 34.5. The standard InChI is InChI=1S/C13H27N/c1-10-7-6-8-12(11(10)2)14-9-13(3,4)5/h10-12,14H,6-9H2,1-5H3/t10-,11+,12-/m0/s1. The molecule has 0 heterocycles. The molecule has 0 aromatic heterocycles. The molecule has 1 nitrogen and oxygen atoms in total. The van der Waals surface area contributed by atoms with Crippen molar-refractivity contribution < 1.29 is 0 Å². The zero-order valence-corrected chi connectivity index (χ0v) is 10.6. The van der Waals surface area contributed by atoms with Crippen molar-refractivity contribution in [1.82, 2.24) is 5.32 Å². The molecule has 0 radical (unpaired) electrons. The monoisotopic (exact) mass is 197 g/mol. The molecule has 1 heteroatoms. The largest absolute Gasteiger partial charge is 0.313 e. The van der Waals surface area contributed by atoms with Crippen molar-refractivity contribution in [3.05, 3.63) is 0 Å². The van der Waals surface area contributed by atoms with Gasteiger partial charge in [-0.25, -0.2) is 0 Å². The van der Waals surface area contributed by atoms with Gasteiger partial charge in [-0.1, -0.05) is 47.5 Å². The van der Waals surface area contributed by atoms with Crippen LogP contribution in [0.1, 0.15) is 53.9 Å². The topological polar surface area (TPSA) is 12.0 Å². The van der Waals surface area contributed by atoms with Crippen LogP contribution in [-0.2, 0) is 0 Å². The maximum Gasteiger partial charge on any atom is 0.00954 e. The van der Waals surface area contributed by atoms with Gasteiger partial charge in [0.25, 0.3) is 0 Å². The fraction of sp³-hybridized carbons (Fsp3) is 1.00. The van der Waals surface area contributed by atoms with Crippen LogP contribution in [0.2, 0.25) is 0 Å². The molecule has 0 spiro atoms. The summed E-state index contributed by atoms with van der Waals surface area (Å²) >= 11 is 0. The van der Waals surface area contributed by atoms with Gasteiger partial charge in [0.05, 0.1) is 0 Å². The average Bonchev–Trinajstić information content (AvgIpc) is 2.06. The van der Waals surface area contributed by atoms with E-state index in [2.05, 4.69) is 39.9 Å². The van der Waals surface area contributed by atoms with Gasteiger partial charge in [0.2, 0.25) is 0 Å². The van der Waals surface area contributed by atoms with Crippen LogP contribution in [0.25, 0.3) is 0 Å². The van der Waals surface area contributed by atoms with Crippen LogP contribution in [0.5, 0.6) is 0 Å². The van der Waals surface area contributed by atoms with E-state index in [1.807, 2.05) is 0 Å². The molecule has 0 amide bonds. The van der Waals surface area contributed by atoms with Crippen molar-refractivity contribution in [1.29, 1.82) is 0 Å². The fourth-order valence-corrected chi connectivity index (χ4v) is 2.31. The lowest BCUT2D eigenvalue weighted by Gasteiger charge is -2.36. The van der Waals surface area contributed by atoms with Gasteiger partial charge in [-0.05, 0) is 23.7 Å². The number of nitrogens with one attached hydrogen (secondary N) is 1. The smallest absolute Gasteiger partial charge is 0.00954 e. The second-order valence-corrected chi connectivity index (χ2v) is 6.32. The van der Waals surface area contributed by atoms with E-state index < -0.39 is 0 Å². The van der Waals surface area contributed by atoms with Gasteiger partial charge in [-0.3, -0.25) is 0 Å². The molecule has 84 valence electrons. The Labute approximate surface area is 89.7 Å². The molecule has 0 bridgehead atoms. The molecule has 1 N–H and O–H groups in total. The minimum Gasteiger partial charge on any atom is -0.313 e. The van der Waals surface area contributed by atoms with Crippen LogP contribution in [0.15, 0.2) is 0 Å². The third-order valence-corrected chi connectivity index (χ3v) is 3.60. The van der Waals surface area contributed by atoms with E-state index in [0.29, 0.717) is 5.41 Å². The first-order chi connectivity index (χ1) is 6.40. The maximum atomic E-state index is 3.74. The summed E-state index contributed by atoms with van der Waals surface area (Å²) in [6, 6.07) is 0.762. The molecule has 1 rings (SSSR count). The van der Waals surface area contributed by atoms with Gasteiger partial charge >= 0.3 is 0 Å². The number of rotatable bonds is 2. The second-order valence-electron chi connectivity index (χ2n) is 6.32. The van der Waals surface area contributed by atoms with Gasteiger partial charge in [0, 0.05) is 12.6 Å². The highest BCUT2D eigenvalue weighted by atomic mass is 14.9. The van der Waals surface area contributed by atoms with E-state index >= 15 is 0 Å². The maximum absolute atomic E-state index is 3.74. The highest BCUT2D eigenvalue weighted by Crippen LogP contribution is 2.29.